The molecule has 4 aliphatic rings. The Balaban J connectivity index is 0.00000361. The first kappa shape index (κ1) is 29.6. The van der Waals surface area contributed by atoms with Crippen molar-refractivity contribution < 1.29 is 46.0 Å². The summed E-state index contributed by atoms with van der Waals surface area (Å²) in [5, 5.41) is 77.0. The first-order valence-electron chi connectivity index (χ1n) is 13.0. The van der Waals surface area contributed by atoms with Gasteiger partial charge in [-0.15, -0.1) is 0 Å². The molecule has 0 aromatic heterocycles. The van der Waals surface area contributed by atoms with Crippen molar-refractivity contribution in [3.63, 3.8) is 0 Å². The van der Waals surface area contributed by atoms with Crippen LogP contribution >= 0.6 is 0 Å². The van der Waals surface area contributed by atoms with Crippen molar-refractivity contribution in [2.24, 2.45) is 28.6 Å². The van der Waals surface area contributed by atoms with Crippen LogP contribution in [0, 0.1) is 28.6 Å². The second kappa shape index (κ2) is 9.09. The molecule has 11 atom stereocenters. The zero-order chi connectivity index (χ0) is 26.4. The van der Waals surface area contributed by atoms with Crippen LogP contribution < -0.4 is 0 Å². The molecule has 3 saturated carbocycles. The maximum absolute atomic E-state index is 13.3. The molecule has 0 amide bonds. The highest BCUT2D eigenvalue weighted by Crippen LogP contribution is 2.68. The molecule has 0 radical (unpaired) electrons. The molecule has 9 N–H and O–H groups in total. The number of fused-ring (bicyclic) bond motifs is 5. The lowest BCUT2D eigenvalue weighted by molar-refractivity contribution is -0.197. The van der Waals surface area contributed by atoms with Gasteiger partial charge in [-0.25, -0.2) is 0 Å². The Bertz CT molecular complexity index is 894. The van der Waals surface area contributed by atoms with Crippen molar-refractivity contribution >= 4 is 5.78 Å². The van der Waals surface area contributed by atoms with Gasteiger partial charge in [0.2, 0.25) is 0 Å². The van der Waals surface area contributed by atoms with E-state index in [0.717, 1.165) is 0 Å². The molecule has 3 fully saturated rings. The van der Waals surface area contributed by atoms with Crippen molar-refractivity contribution in [3.8, 4) is 0 Å². The van der Waals surface area contributed by atoms with Crippen LogP contribution in [-0.2, 0) is 4.79 Å². The number of allylic oxidation sites excluding steroid dienone is 1. The molecule has 36 heavy (non-hydrogen) atoms. The van der Waals surface area contributed by atoms with Crippen LogP contribution in [0.4, 0.5) is 0 Å². The van der Waals surface area contributed by atoms with E-state index in [2.05, 4.69) is 0 Å². The summed E-state index contributed by atoms with van der Waals surface area (Å²) in [7, 11) is 0. The van der Waals surface area contributed by atoms with Crippen molar-refractivity contribution in [1.29, 1.82) is 0 Å². The lowest BCUT2D eigenvalue weighted by Crippen LogP contribution is -2.66. The van der Waals surface area contributed by atoms with E-state index in [9.17, 15) is 40.5 Å². The Morgan fingerprint density at radius 1 is 1.06 bits per heavy atom. The highest BCUT2D eigenvalue weighted by molar-refractivity contribution is 5.95. The molecule has 0 unspecified atom stereocenters. The van der Waals surface area contributed by atoms with Crippen LogP contribution in [0.25, 0.3) is 0 Å². The quantitative estimate of drug-likeness (QED) is 0.267. The summed E-state index contributed by atoms with van der Waals surface area (Å²) < 4.78 is 0. The number of aliphatic hydroxyl groups is 7. The van der Waals surface area contributed by atoms with Gasteiger partial charge in [-0.1, -0.05) is 13.8 Å². The average Bonchev–Trinajstić information content (AvgIpc) is 2.99. The molecule has 4 rings (SSSR count). The van der Waals surface area contributed by atoms with Gasteiger partial charge < -0.3 is 41.2 Å². The van der Waals surface area contributed by atoms with Gasteiger partial charge in [0.15, 0.2) is 5.78 Å². The minimum atomic E-state index is -1.59. The van der Waals surface area contributed by atoms with Gasteiger partial charge in [0.05, 0.1) is 41.2 Å². The lowest BCUT2D eigenvalue weighted by atomic mass is 9.45. The summed E-state index contributed by atoms with van der Waals surface area (Å²) in [4.78, 5) is 13.3. The summed E-state index contributed by atoms with van der Waals surface area (Å²) in [6.07, 6.45) is -1.08. The molecule has 0 aliphatic heterocycles. The fourth-order valence-corrected chi connectivity index (χ4v) is 8.44. The predicted octanol–water partition coefficient (Wildman–Crippen LogP) is 0.0001000. The van der Waals surface area contributed by atoms with Crippen LogP contribution in [0.15, 0.2) is 11.6 Å². The van der Waals surface area contributed by atoms with Gasteiger partial charge >= 0.3 is 0 Å². The Kier molecular flexibility index (Phi) is 7.48. The molecule has 208 valence electrons. The molecule has 4 aliphatic carbocycles. The summed E-state index contributed by atoms with van der Waals surface area (Å²) in [5.74, 6) is -1.89. The predicted molar refractivity (Wildman–Crippen MR) is 132 cm³/mol. The maximum Gasteiger partial charge on any atom is 0.159 e. The van der Waals surface area contributed by atoms with Crippen molar-refractivity contribution in [2.75, 3.05) is 0 Å². The number of carbonyl (C=O) groups excluding carboxylic acids is 1. The Morgan fingerprint density at radius 2 is 1.67 bits per heavy atom. The summed E-state index contributed by atoms with van der Waals surface area (Å²) in [6, 6.07) is 0. The molecule has 0 heterocycles. The number of hydrogen-bond donors (Lipinski definition) is 7. The minimum absolute atomic E-state index is 0. The van der Waals surface area contributed by atoms with E-state index < -0.39 is 69.8 Å². The zero-order valence-corrected chi connectivity index (χ0v) is 22.1. The molecule has 0 saturated heterocycles. The number of ketones is 1. The van der Waals surface area contributed by atoms with Gasteiger partial charge in [-0.05, 0) is 88.7 Å². The van der Waals surface area contributed by atoms with E-state index in [0.29, 0.717) is 12.0 Å². The third-order valence-corrected chi connectivity index (χ3v) is 10.5. The van der Waals surface area contributed by atoms with Gasteiger partial charge in [-0.2, -0.15) is 0 Å². The third kappa shape index (κ3) is 4.20. The van der Waals surface area contributed by atoms with E-state index in [1.165, 1.54) is 6.08 Å². The summed E-state index contributed by atoms with van der Waals surface area (Å²) >= 11 is 0. The largest absolute Gasteiger partial charge is 0.412 e. The summed E-state index contributed by atoms with van der Waals surface area (Å²) in [5.41, 5.74) is -5.42. The SMILES string of the molecule is CC(C)(O)CC[C@@H](O)[C@](C)(O)[C@H]1CC[C@@]2(O)C3=CC(=O)[C@@H]4C[C@@H](O)[C@@H](O)C[C@]4(C)[C@H]3[C@H](O)C[C@]12C.O. The van der Waals surface area contributed by atoms with E-state index >= 15 is 0 Å². The monoisotopic (exact) mass is 514 g/mol. The third-order valence-electron chi connectivity index (χ3n) is 10.5. The molecule has 9 nitrogen and oxygen atoms in total. The lowest BCUT2D eigenvalue weighted by Gasteiger charge is -2.62. The van der Waals surface area contributed by atoms with Crippen molar-refractivity contribution in [3.05, 3.63) is 11.6 Å². The van der Waals surface area contributed by atoms with Gasteiger partial charge in [0.25, 0.3) is 0 Å². The maximum atomic E-state index is 13.3. The number of aliphatic hydroxyl groups excluding tert-OH is 4. The molecular formula is C27H46O9. The number of carbonyl (C=O) groups is 1. The van der Waals surface area contributed by atoms with Crippen LogP contribution in [0.1, 0.15) is 79.6 Å². The minimum Gasteiger partial charge on any atom is -0.412 e. The van der Waals surface area contributed by atoms with Crippen molar-refractivity contribution in [1.82, 2.24) is 0 Å². The Morgan fingerprint density at radius 3 is 2.25 bits per heavy atom. The number of rotatable bonds is 5. The smallest absolute Gasteiger partial charge is 0.159 e. The Labute approximate surface area is 213 Å². The van der Waals surface area contributed by atoms with Crippen LogP contribution in [0.3, 0.4) is 0 Å². The molecule has 0 aromatic carbocycles. The van der Waals surface area contributed by atoms with Gasteiger partial charge in [0, 0.05) is 17.3 Å². The molecule has 0 aromatic rings. The summed E-state index contributed by atoms with van der Waals surface area (Å²) in [6.45, 7) is 8.52. The van der Waals surface area contributed by atoms with Crippen LogP contribution in [0.5, 0.6) is 0 Å². The van der Waals surface area contributed by atoms with E-state index in [1.807, 2.05) is 13.8 Å². The Hall–Kier alpha value is -0.910. The molecule has 0 bridgehead atoms. The standard InChI is InChI=1S/C27H44O8.H2O/c1-23(2,33)8-7-21(32)26(5,34)20-6-9-27(35)15-11-16(28)14-10-17(29)18(30)12-24(14,3)22(15)19(31)13-25(20,27)4;/h11,14,17-22,29-35H,6-10,12-13H2,1-5H3;1H2/t14-,17+,18-,19+,20-,21+,22+,24-,25+,26+,27+;/m0./s1. The van der Waals surface area contributed by atoms with E-state index in [-0.39, 0.29) is 49.8 Å². The van der Waals surface area contributed by atoms with Gasteiger partial charge in [0.1, 0.15) is 0 Å². The normalized spacial score (nSPS) is 47.0. The van der Waals surface area contributed by atoms with Gasteiger partial charge in [-0.3, -0.25) is 4.79 Å². The zero-order valence-electron chi connectivity index (χ0n) is 22.1. The highest BCUT2D eigenvalue weighted by Gasteiger charge is 2.71. The second-order valence-corrected chi connectivity index (χ2v) is 13.3. The van der Waals surface area contributed by atoms with Crippen LogP contribution in [0.2, 0.25) is 0 Å². The molecular weight excluding hydrogens is 468 g/mol. The number of hydrogen-bond acceptors (Lipinski definition) is 8. The van der Waals surface area contributed by atoms with Crippen molar-refractivity contribution in [2.45, 2.75) is 121 Å². The topological polar surface area (TPSA) is 190 Å². The highest BCUT2D eigenvalue weighted by atomic mass is 16.3. The fourth-order valence-electron chi connectivity index (χ4n) is 8.44. The van der Waals surface area contributed by atoms with Crippen LogP contribution in [-0.4, -0.2) is 88.2 Å². The first-order valence-corrected chi connectivity index (χ1v) is 13.0. The molecule has 9 heteroatoms. The molecule has 0 spiro atoms. The fraction of sp³-hybridized carbons (Fsp3) is 0.889. The second-order valence-electron chi connectivity index (χ2n) is 13.3. The van der Waals surface area contributed by atoms with E-state index in [1.54, 1.807) is 20.8 Å². The first-order chi connectivity index (χ1) is 15.9. The van der Waals surface area contributed by atoms with E-state index in [4.69, 9.17) is 0 Å². The average molecular weight is 515 g/mol.